The number of methoxy groups -OCH3 is 1. The number of hydrogen-bond acceptors (Lipinski definition) is 7. The first-order chi connectivity index (χ1) is 14.1. The van der Waals surface area contributed by atoms with Gasteiger partial charge in [0.1, 0.15) is 5.75 Å². The number of rotatable bonds is 5. The van der Waals surface area contributed by atoms with Crippen LogP contribution < -0.4 is 19.9 Å². The predicted molar refractivity (Wildman–Crippen MR) is 116 cm³/mol. The summed E-state index contributed by atoms with van der Waals surface area (Å²) in [5.74, 6) is 2.25. The molecule has 1 saturated heterocycles. The molecule has 4 rings (SSSR count). The predicted octanol–water partition coefficient (Wildman–Crippen LogP) is 3.57. The van der Waals surface area contributed by atoms with Crippen molar-refractivity contribution < 1.29 is 4.74 Å². The Balaban J connectivity index is 1.42. The summed E-state index contributed by atoms with van der Waals surface area (Å²) in [5.41, 5.74) is 4.56. The molecule has 3 aromatic rings. The molecule has 1 N–H and O–H groups in total. The lowest BCUT2D eigenvalue weighted by molar-refractivity contribution is 0.415. The van der Waals surface area contributed by atoms with Gasteiger partial charge in [-0.15, -0.1) is 5.10 Å². The van der Waals surface area contributed by atoms with Gasteiger partial charge in [-0.2, -0.15) is 10.1 Å². The topological polar surface area (TPSA) is 66.4 Å². The fraction of sp³-hybridized carbons (Fsp3) is 0.318. The highest BCUT2D eigenvalue weighted by atomic mass is 16.5. The van der Waals surface area contributed by atoms with E-state index in [1.54, 1.807) is 13.3 Å². The van der Waals surface area contributed by atoms with Crippen LogP contribution in [0.25, 0.3) is 0 Å². The van der Waals surface area contributed by atoms with Gasteiger partial charge in [0.25, 0.3) is 0 Å². The van der Waals surface area contributed by atoms with Gasteiger partial charge in [0, 0.05) is 37.6 Å². The van der Waals surface area contributed by atoms with Crippen molar-refractivity contribution in [3.8, 4) is 5.75 Å². The Kier molecular flexibility index (Phi) is 5.46. The second-order valence-electron chi connectivity index (χ2n) is 7.25. The first kappa shape index (κ1) is 19.0. The van der Waals surface area contributed by atoms with Gasteiger partial charge in [0.05, 0.1) is 13.3 Å². The van der Waals surface area contributed by atoms with Crippen LogP contribution in [0.3, 0.4) is 0 Å². The molecule has 0 aliphatic carbocycles. The first-order valence-corrected chi connectivity index (χ1v) is 9.80. The van der Waals surface area contributed by atoms with Crippen LogP contribution in [0, 0.1) is 13.8 Å². The third-order valence-electron chi connectivity index (χ3n) is 5.23. The number of nitrogens with zero attached hydrogens (tertiary/aromatic N) is 5. The van der Waals surface area contributed by atoms with E-state index >= 15 is 0 Å². The molecule has 1 aliphatic rings. The molecule has 1 aliphatic heterocycles. The van der Waals surface area contributed by atoms with Crippen LogP contribution in [0.5, 0.6) is 5.75 Å². The Morgan fingerprint density at radius 1 is 0.931 bits per heavy atom. The molecule has 29 heavy (non-hydrogen) atoms. The average Bonchev–Trinajstić information content (AvgIpc) is 2.77. The third-order valence-corrected chi connectivity index (χ3v) is 5.23. The zero-order valence-electron chi connectivity index (χ0n) is 17.1. The van der Waals surface area contributed by atoms with Crippen molar-refractivity contribution in [3.63, 3.8) is 0 Å². The number of benzene rings is 2. The van der Waals surface area contributed by atoms with E-state index in [1.165, 1.54) is 11.3 Å². The highest BCUT2D eigenvalue weighted by Gasteiger charge is 2.19. The maximum atomic E-state index is 5.25. The molecule has 2 heterocycles. The summed E-state index contributed by atoms with van der Waals surface area (Å²) in [7, 11) is 1.69. The Morgan fingerprint density at radius 3 is 2.38 bits per heavy atom. The molecular weight excluding hydrogens is 364 g/mol. The standard InChI is InChI=1S/C22H26N6O/c1-16-4-5-17(2)20(14-16)24-22-25-21(15-23-26-22)28-12-10-27(11-13-28)18-6-8-19(29-3)9-7-18/h4-9,14-15H,10-13H2,1-3H3,(H,24,25,26). The zero-order valence-corrected chi connectivity index (χ0v) is 17.1. The molecule has 1 aromatic heterocycles. The SMILES string of the molecule is COc1ccc(N2CCN(c3cnnc(Nc4cc(C)ccc4C)n3)CC2)cc1. The van der Waals surface area contributed by atoms with E-state index in [2.05, 4.69) is 74.5 Å². The van der Waals surface area contributed by atoms with E-state index < -0.39 is 0 Å². The minimum absolute atomic E-state index is 0.522. The van der Waals surface area contributed by atoms with E-state index in [9.17, 15) is 0 Å². The van der Waals surface area contributed by atoms with Crippen LogP contribution in [0.2, 0.25) is 0 Å². The normalized spacial score (nSPS) is 14.0. The summed E-state index contributed by atoms with van der Waals surface area (Å²) in [4.78, 5) is 9.32. The molecule has 0 unspecified atom stereocenters. The van der Waals surface area contributed by atoms with Crippen molar-refractivity contribution in [2.75, 3.05) is 48.4 Å². The Bertz CT molecular complexity index is 967. The van der Waals surface area contributed by atoms with Gasteiger partial charge in [0.2, 0.25) is 5.95 Å². The van der Waals surface area contributed by atoms with Crippen LogP contribution in [-0.4, -0.2) is 48.5 Å². The molecule has 2 aromatic carbocycles. The van der Waals surface area contributed by atoms with E-state index in [0.717, 1.165) is 49.0 Å². The quantitative estimate of drug-likeness (QED) is 0.714. The zero-order chi connectivity index (χ0) is 20.2. The highest BCUT2D eigenvalue weighted by molar-refractivity contribution is 5.60. The molecule has 150 valence electrons. The summed E-state index contributed by atoms with van der Waals surface area (Å²) in [6.07, 6.45) is 1.73. The second-order valence-corrected chi connectivity index (χ2v) is 7.25. The number of nitrogens with one attached hydrogen (secondary N) is 1. The molecule has 7 nitrogen and oxygen atoms in total. The molecule has 0 atom stereocenters. The minimum atomic E-state index is 0.522. The molecule has 1 fully saturated rings. The Morgan fingerprint density at radius 2 is 1.66 bits per heavy atom. The Hall–Kier alpha value is -3.35. The number of hydrogen-bond donors (Lipinski definition) is 1. The fourth-order valence-electron chi connectivity index (χ4n) is 3.48. The maximum Gasteiger partial charge on any atom is 0.249 e. The van der Waals surface area contributed by atoms with Gasteiger partial charge in [-0.3, -0.25) is 0 Å². The van der Waals surface area contributed by atoms with Gasteiger partial charge < -0.3 is 19.9 Å². The number of anilines is 4. The lowest BCUT2D eigenvalue weighted by Crippen LogP contribution is -2.46. The van der Waals surface area contributed by atoms with Crippen LogP contribution in [0.4, 0.5) is 23.1 Å². The largest absolute Gasteiger partial charge is 0.497 e. The number of ether oxygens (including phenoxy) is 1. The van der Waals surface area contributed by atoms with Gasteiger partial charge in [-0.25, -0.2) is 0 Å². The molecular formula is C22H26N6O. The van der Waals surface area contributed by atoms with Crippen molar-refractivity contribution in [2.45, 2.75) is 13.8 Å². The molecule has 0 amide bonds. The smallest absolute Gasteiger partial charge is 0.249 e. The van der Waals surface area contributed by atoms with Gasteiger partial charge >= 0.3 is 0 Å². The number of aryl methyl sites for hydroxylation is 2. The van der Waals surface area contributed by atoms with Gasteiger partial charge in [0.15, 0.2) is 5.82 Å². The van der Waals surface area contributed by atoms with Crippen LogP contribution in [0.1, 0.15) is 11.1 Å². The van der Waals surface area contributed by atoms with E-state index in [-0.39, 0.29) is 0 Å². The highest BCUT2D eigenvalue weighted by Crippen LogP contribution is 2.23. The number of piperazine rings is 1. The first-order valence-electron chi connectivity index (χ1n) is 9.80. The van der Waals surface area contributed by atoms with E-state index in [4.69, 9.17) is 4.74 Å². The van der Waals surface area contributed by atoms with Crippen molar-refractivity contribution >= 4 is 23.1 Å². The van der Waals surface area contributed by atoms with Gasteiger partial charge in [-0.1, -0.05) is 12.1 Å². The van der Waals surface area contributed by atoms with E-state index in [1.807, 2.05) is 12.1 Å². The van der Waals surface area contributed by atoms with E-state index in [0.29, 0.717) is 5.95 Å². The average molecular weight is 390 g/mol. The van der Waals surface area contributed by atoms with Crippen LogP contribution in [0.15, 0.2) is 48.7 Å². The molecule has 0 spiro atoms. The summed E-state index contributed by atoms with van der Waals surface area (Å²) >= 11 is 0. The minimum Gasteiger partial charge on any atom is -0.497 e. The van der Waals surface area contributed by atoms with Crippen molar-refractivity contribution in [1.29, 1.82) is 0 Å². The summed E-state index contributed by atoms with van der Waals surface area (Å²) in [5, 5.41) is 11.6. The van der Waals surface area contributed by atoms with Crippen molar-refractivity contribution in [3.05, 3.63) is 59.8 Å². The lowest BCUT2D eigenvalue weighted by Gasteiger charge is -2.36. The molecule has 7 heteroatoms. The van der Waals surface area contributed by atoms with Crippen molar-refractivity contribution in [1.82, 2.24) is 15.2 Å². The third kappa shape index (κ3) is 4.39. The number of aromatic nitrogens is 3. The fourth-order valence-corrected chi connectivity index (χ4v) is 3.48. The summed E-state index contributed by atoms with van der Waals surface area (Å²) in [6.45, 7) is 7.76. The van der Waals surface area contributed by atoms with Crippen LogP contribution >= 0.6 is 0 Å². The lowest BCUT2D eigenvalue weighted by atomic mass is 10.1. The van der Waals surface area contributed by atoms with Crippen molar-refractivity contribution in [2.24, 2.45) is 0 Å². The van der Waals surface area contributed by atoms with Crippen LogP contribution in [-0.2, 0) is 0 Å². The molecule has 0 radical (unpaired) electrons. The molecule has 0 saturated carbocycles. The Labute approximate surface area is 171 Å². The van der Waals surface area contributed by atoms with Gasteiger partial charge in [-0.05, 0) is 55.3 Å². The monoisotopic (exact) mass is 390 g/mol. The summed E-state index contributed by atoms with van der Waals surface area (Å²) < 4.78 is 5.25. The maximum absolute atomic E-state index is 5.25. The summed E-state index contributed by atoms with van der Waals surface area (Å²) in [6, 6.07) is 14.5. The second kappa shape index (κ2) is 8.34. The molecule has 0 bridgehead atoms.